The normalized spacial score (nSPS) is 13.2. The van der Waals surface area contributed by atoms with Crippen LogP contribution in [0, 0.1) is 5.82 Å². The van der Waals surface area contributed by atoms with Crippen LogP contribution in [0.5, 0.6) is 0 Å². The Bertz CT molecular complexity index is 531. The number of likely N-dealkylation sites (N-methyl/N-ethyl adjacent to an activating group) is 1. The summed E-state index contributed by atoms with van der Waals surface area (Å²) in [6.07, 6.45) is 0. The van der Waals surface area contributed by atoms with Gasteiger partial charge in [0.2, 0.25) is 0 Å². The van der Waals surface area contributed by atoms with E-state index in [1.807, 2.05) is 18.2 Å². The lowest BCUT2D eigenvalue weighted by molar-refractivity contribution is 0.353. The van der Waals surface area contributed by atoms with Gasteiger partial charge in [0.15, 0.2) is 0 Å². The summed E-state index contributed by atoms with van der Waals surface area (Å²) < 4.78 is 13.1. The minimum Gasteiger partial charge on any atom is -0.309 e. The summed E-state index contributed by atoms with van der Waals surface area (Å²) in [5.74, 6) is -0.190. The third-order valence-electron chi connectivity index (χ3n) is 3.85. The van der Waals surface area contributed by atoms with Crippen molar-refractivity contribution in [2.75, 3.05) is 6.54 Å². The van der Waals surface area contributed by atoms with Gasteiger partial charge < -0.3 is 5.32 Å². The molecule has 0 aliphatic carbocycles. The highest BCUT2D eigenvalue weighted by molar-refractivity contribution is 5.32. The molecular formula is C18H22FN. The second-order valence-corrected chi connectivity index (χ2v) is 5.63. The molecule has 106 valence electrons. The van der Waals surface area contributed by atoms with E-state index in [4.69, 9.17) is 0 Å². The highest BCUT2D eigenvalue weighted by Crippen LogP contribution is 2.36. The summed E-state index contributed by atoms with van der Waals surface area (Å²) in [5.41, 5.74) is 2.27. The predicted octanol–water partition coefficient (Wildman–Crippen LogP) is 4.45. The Kier molecular flexibility index (Phi) is 4.56. The van der Waals surface area contributed by atoms with E-state index in [0.717, 1.165) is 12.1 Å². The molecule has 1 atom stereocenters. The highest BCUT2D eigenvalue weighted by atomic mass is 19.1. The van der Waals surface area contributed by atoms with E-state index in [2.05, 4.69) is 50.4 Å². The smallest absolute Gasteiger partial charge is 0.123 e. The van der Waals surface area contributed by atoms with Gasteiger partial charge >= 0.3 is 0 Å². The lowest BCUT2D eigenvalue weighted by Gasteiger charge is -2.36. The van der Waals surface area contributed by atoms with Crippen LogP contribution in [-0.4, -0.2) is 6.54 Å². The zero-order chi connectivity index (χ0) is 14.6. The van der Waals surface area contributed by atoms with Crippen molar-refractivity contribution >= 4 is 0 Å². The van der Waals surface area contributed by atoms with E-state index in [1.165, 1.54) is 17.7 Å². The minimum absolute atomic E-state index is 0.120. The molecule has 1 nitrogen and oxygen atoms in total. The van der Waals surface area contributed by atoms with Crippen LogP contribution < -0.4 is 5.32 Å². The third-order valence-corrected chi connectivity index (χ3v) is 3.85. The number of nitrogens with one attached hydrogen (secondary N) is 1. The van der Waals surface area contributed by atoms with Crippen LogP contribution in [0.25, 0.3) is 0 Å². The SMILES string of the molecule is CCNC(c1ccccc1)C(C)(C)c1ccc(F)cc1. The largest absolute Gasteiger partial charge is 0.309 e. The summed E-state index contributed by atoms with van der Waals surface area (Å²) >= 11 is 0. The first kappa shape index (κ1) is 14.7. The van der Waals surface area contributed by atoms with Gasteiger partial charge in [0.25, 0.3) is 0 Å². The van der Waals surface area contributed by atoms with Crippen molar-refractivity contribution in [2.45, 2.75) is 32.2 Å². The molecule has 0 aromatic heterocycles. The molecule has 0 aliphatic rings. The van der Waals surface area contributed by atoms with Crippen LogP contribution >= 0.6 is 0 Å². The Hall–Kier alpha value is -1.67. The van der Waals surface area contributed by atoms with Gasteiger partial charge in [-0.3, -0.25) is 0 Å². The topological polar surface area (TPSA) is 12.0 Å². The Balaban J connectivity index is 2.39. The predicted molar refractivity (Wildman–Crippen MR) is 82.3 cm³/mol. The molecular weight excluding hydrogens is 249 g/mol. The van der Waals surface area contributed by atoms with Crippen molar-refractivity contribution in [1.82, 2.24) is 5.32 Å². The minimum atomic E-state index is -0.190. The zero-order valence-electron chi connectivity index (χ0n) is 12.4. The molecule has 1 N–H and O–H groups in total. The first-order chi connectivity index (χ1) is 9.55. The molecule has 0 spiro atoms. The van der Waals surface area contributed by atoms with Crippen molar-refractivity contribution in [2.24, 2.45) is 0 Å². The standard InChI is InChI=1S/C18H22FN/c1-4-20-17(14-8-6-5-7-9-14)18(2,3)15-10-12-16(19)13-11-15/h5-13,17,20H,4H2,1-3H3. The number of rotatable bonds is 5. The maximum Gasteiger partial charge on any atom is 0.123 e. The Labute approximate surface area is 120 Å². The average molecular weight is 271 g/mol. The second-order valence-electron chi connectivity index (χ2n) is 5.63. The van der Waals surface area contributed by atoms with Gasteiger partial charge in [0.05, 0.1) is 0 Å². The van der Waals surface area contributed by atoms with Gasteiger partial charge in [0, 0.05) is 11.5 Å². The highest BCUT2D eigenvalue weighted by Gasteiger charge is 2.31. The fourth-order valence-electron chi connectivity index (χ4n) is 2.69. The molecule has 20 heavy (non-hydrogen) atoms. The van der Waals surface area contributed by atoms with Gasteiger partial charge in [-0.15, -0.1) is 0 Å². The average Bonchev–Trinajstić information content (AvgIpc) is 2.46. The van der Waals surface area contributed by atoms with Crippen molar-refractivity contribution < 1.29 is 4.39 Å². The second kappa shape index (κ2) is 6.19. The third kappa shape index (κ3) is 3.07. The van der Waals surface area contributed by atoms with Gasteiger partial charge in [-0.25, -0.2) is 4.39 Å². The molecule has 0 saturated carbocycles. The molecule has 2 heteroatoms. The summed E-state index contributed by atoms with van der Waals surface area (Å²) in [5, 5.41) is 3.56. The van der Waals surface area contributed by atoms with E-state index < -0.39 is 0 Å². The van der Waals surface area contributed by atoms with Gasteiger partial charge in [-0.2, -0.15) is 0 Å². The van der Waals surface area contributed by atoms with Crippen LogP contribution in [0.1, 0.15) is 37.9 Å². The van der Waals surface area contributed by atoms with E-state index >= 15 is 0 Å². The monoisotopic (exact) mass is 271 g/mol. The summed E-state index contributed by atoms with van der Waals surface area (Å²) in [7, 11) is 0. The zero-order valence-corrected chi connectivity index (χ0v) is 12.4. The Morgan fingerprint density at radius 1 is 1.00 bits per heavy atom. The molecule has 0 bridgehead atoms. The number of hydrogen-bond donors (Lipinski definition) is 1. The molecule has 0 aliphatic heterocycles. The van der Waals surface area contributed by atoms with E-state index in [9.17, 15) is 4.39 Å². The molecule has 2 aromatic rings. The molecule has 0 amide bonds. The van der Waals surface area contributed by atoms with Crippen LogP contribution in [0.2, 0.25) is 0 Å². The fraction of sp³-hybridized carbons (Fsp3) is 0.333. The quantitative estimate of drug-likeness (QED) is 0.847. The summed E-state index contributed by atoms with van der Waals surface area (Å²) in [6, 6.07) is 17.4. The summed E-state index contributed by atoms with van der Waals surface area (Å²) in [6.45, 7) is 7.39. The maximum absolute atomic E-state index is 13.1. The van der Waals surface area contributed by atoms with E-state index in [0.29, 0.717) is 0 Å². The molecule has 0 heterocycles. The molecule has 0 fully saturated rings. The number of hydrogen-bond acceptors (Lipinski definition) is 1. The first-order valence-corrected chi connectivity index (χ1v) is 7.10. The molecule has 0 saturated heterocycles. The van der Waals surface area contributed by atoms with Crippen molar-refractivity contribution in [3.8, 4) is 0 Å². The van der Waals surface area contributed by atoms with Gasteiger partial charge in [-0.1, -0.05) is 63.2 Å². The van der Waals surface area contributed by atoms with Crippen LogP contribution in [0.4, 0.5) is 4.39 Å². The van der Waals surface area contributed by atoms with E-state index in [1.54, 1.807) is 0 Å². The van der Waals surface area contributed by atoms with Gasteiger partial charge in [0.1, 0.15) is 5.82 Å². The molecule has 2 aromatic carbocycles. The Morgan fingerprint density at radius 2 is 1.60 bits per heavy atom. The number of halogens is 1. The number of benzene rings is 2. The fourth-order valence-corrected chi connectivity index (χ4v) is 2.69. The molecule has 0 radical (unpaired) electrons. The summed E-state index contributed by atoms with van der Waals surface area (Å²) in [4.78, 5) is 0. The van der Waals surface area contributed by atoms with Crippen LogP contribution in [0.15, 0.2) is 54.6 Å². The lowest BCUT2D eigenvalue weighted by atomic mass is 9.75. The van der Waals surface area contributed by atoms with Crippen molar-refractivity contribution in [1.29, 1.82) is 0 Å². The van der Waals surface area contributed by atoms with Crippen LogP contribution in [0.3, 0.4) is 0 Å². The van der Waals surface area contributed by atoms with E-state index in [-0.39, 0.29) is 17.3 Å². The Morgan fingerprint density at radius 3 is 2.15 bits per heavy atom. The lowest BCUT2D eigenvalue weighted by Crippen LogP contribution is -2.37. The first-order valence-electron chi connectivity index (χ1n) is 7.10. The molecule has 2 rings (SSSR count). The van der Waals surface area contributed by atoms with Crippen molar-refractivity contribution in [3.05, 3.63) is 71.5 Å². The van der Waals surface area contributed by atoms with Crippen LogP contribution in [-0.2, 0) is 5.41 Å². The van der Waals surface area contributed by atoms with Crippen molar-refractivity contribution in [3.63, 3.8) is 0 Å². The molecule has 1 unspecified atom stereocenters. The maximum atomic E-state index is 13.1. The van der Waals surface area contributed by atoms with Gasteiger partial charge in [-0.05, 0) is 29.8 Å².